The summed E-state index contributed by atoms with van der Waals surface area (Å²) < 4.78 is 0. The average Bonchev–Trinajstić information content (AvgIpc) is 1.35. The molecule has 1 atom stereocenters. The summed E-state index contributed by atoms with van der Waals surface area (Å²) in [4.78, 5) is 0. The van der Waals surface area contributed by atoms with Crippen molar-refractivity contribution < 1.29 is 0 Å². The molecule has 0 aliphatic carbocycles. The SMILES string of the molecule is CC[Si](C)(Cl)Br. The van der Waals surface area contributed by atoms with E-state index in [-0.39, 0.29) is 0 Å². The summed E-state index contributed by atoms with van der Waals surface area (Å²) in [7, 11) is 0. The van der Waals surface area contributed by atoms with Crippen LogP contribution in [0.2, 0.25) is 12.6 Å². The van der Waals surface area contributed by atoms with Crippen molar-refractivity contribution in [2.24, 2.45) is 0 Å². The van der Waals surface area contributed by atoms with Crippen molar-refractivity contribution in [2.45, 2.75) is 19.5 Å². The number of hydrogen-bond acceptors (Lipinski definition) is 0. The third kappa shape index (κ3) is 4.99. The molecule has 0 heterocycles. The first-order chi connectivity index (χ1) is 2.56. The molecule has 0 aliphatic heterocycles. The largest absolute Gasteiger partial charge is 0.223 e. The summed E-state index contributed by atoms with van der Waals surface area (Å²) in [6.45, 7) is 4.16. The number of rotatable bonds is 1. The normalized spacial score (nSPS) is 20.0. The van der Waals surface area contributed by atoms with Crippen LogP contribution in [0.15, 0.2) is 0 Å². The summed E-state index contributed by atoms with van der Waals surface area (Å²) in [6, 6.07) is -0.255. The molecule has 0 aliphatic rings. The molecule has 0 aromatic rings. The quantitative estimate of drug-likeness (QED) is 0.437. The maximum absolute atomic E-state index is 5.77. The van der Waals surface area contributed by atoms with E-state index in [1.807, 2.05) is 0 Å². The van der Waals surface area contributed by atoms with Gasteiger partial charge in [-0.25, -0.2) is 0 Å². The van der Waals surface area contributed by atoms with Gasteiger partial charge in [-0.2, -0.15) is 11.1 Å². The molecule has 0 aromatic carbocycles. The van der Waals surface area contributed by atoms with Crippen LogP contribution in [0.3, 0.4) is 0 Å². The van der Waals surface area contributed by atoms with E-state index >= 15 is 0 Å². The molecule has 0 bridgehead atoms. The van der Waals surface area contributed by atoms with Crippen LogP contribution in [0.4, 0.5) is 0 Å². The summed E-state index contributed by atoms with van der Waals surface area (Å²) >= 11 is 9.15. The van der Waals surface area contributed by atoms with E-state index in [9.17, 15) is 0 Å². The highest BCUT2D eigenvalue weighted by Gasteiger charge is 2.14. The van der Waals surface area contributed by atoms with Crippen LogP contribution < -0.4 is 0 Å². The molecule has 38 valence electrons. The molecular formula is C3H8BrClSi. The summed E-state index contributed by atoms with van der Waals surface area (Å²) in [5, 5.41) is 0. The second-order valence-electron chi connectivity index (χ2n) is 1.42. The Morgan fingerprint density at radius 1 is 1.83 bits per heavy atom. The van der Waals surface area contributed by atoms with Crippen molar-refractivity contribution in [3.8, 4) is 0 Å². The predicted molar refractivity (Wildman–Crippen MR) is 36.9 cm³/mol. The van der Waals surface area contributed by atoms with Gasteiger partial charge in [0.1, 0.15) is 0 Å². The van der Waals surface area contributed by atoms with Gasteiger partial charge in [0, 0.05) is 0 Å². The number of hydrogen-bond donors (Lipinski definition) is 0. The Balaban J connectivity index is 3.17. The van der Waals surface area contributed by atoms with Crippen LogP contribution in [0.5, 0.6) is 0 Å². The van der Waals surface area contributed by atoms with Crippen LogP contribution in [-0.2, 0) is 0 Å². The van der Waals surface area contributed by atoms with Gasteiger partial charge in [-0.3, -0.25) is 0 Å². The van der Waals surface area contributed by atoms with Crippen LogP contribution in [0.1, 0.15) is 6.92 Å². The van der Waals surface area contributed by atoms with E-state index < -0.39 is 6.00 Å². The van der Waals surface area contributed by atoms with E-state index in [4.69, 9.17) is 11.1 Å². The first-order valence-corrected chi connectivity index (χ1v) is 7.91. The first-order valence-electron chi connectivity index (χ1n) is 1.94. The van der Waals surface area contributed by atoms with Gasteiger partial charge in [0.2, 0.25) is 6.00 Å². The molecular weight excluding hydrogens is 179 g/mol. The third-order valence-corrected chi connectivity index (χ3v) is 4.35. The van der Waals surface area contributed by atoms with Crippen molar-refractivity contribution in [1.82, 2.24) is 0 Å². The molecule has 0 saturated heterocycles. The molecule has 0 saturated carbocycles. The van der Waals surface area contributed by atoms with Gasteiger partial charge in [-0.15, -0.1) is 15.3 Å². The fourth-order valence-electron chi connectivity index (χ4n) is 0. The molecule has 0 amide bonds. The minimum Gasteiger partial charge on any atom is -0.152 e. The van der Waals surface area contributed by atoms with Crippen LogP contribution in [0, 0.1) is 0 Å². The minimum absolute atomic E-state index is 1.09. The third-order valence-electron chi connectivity index (χ3n) is 0.621. The second kappa shape index (κ2) is 2.33. The standard InChI is InChI=1S/C3H8BrClSi/c1-3-6(2,4)5/h3H2,1-2H3. The molecule has 3 heteroatoms. The Kier molecular flexibility index (Phi) is 2.72. The van der Waals surface area contributed by atoms with Crippen molar-refractivity contribution in [2.75, 3.05) is 0 Å². The van der Waals surface area contributed by atoms with Crippen LogP contribution in [0.25, 0.3) is 0 Å². The summed E-state index contributed by atoms with van der Waals surface area (Å²) in [5.41, 5.74) is 0. The van der Waals surface area contributed by atoms with Crippen molar-refractivity contribution in [3.63, 3.8) is 0 Å². The zero-order valence-electron chi connectivity index (χ0n) is 3.96. The van der Waals surface area contributed by atoms with E-state index in [1.165, 1.54) is 0 Å². The zero-order chi connectivity index (χ0) is 5.21. The van der Waals surface area contributed by atoms with Gasteiger partial charge in [0.25, 0.3) is 0 Å². The Hall–Kier alpha value is 0.987. The minimum atomic E-state index is -1.35. The average molecular weight is 188 g/mol. The van der Waals surface area contributed by atoms with Crippen LogP contribution >= 0.6 is 26.4 Å². The molecule has 0 rings (SSSR count). The van der Waals surface area contributed by atoms with Gasteiger partial charge in [-0.05, 0) is 12.6 Å². The highest BCUT2D eigenvalue weighted by atomic mass is 79.9. The highest BCUT2D eigenvalue weighted by Crippen LogP contribution is 2.20. The van der Waals surface area contributed by atoms with E-state index in [0.717, 1.165) is 6.04 Å². The highest BCUT2D eigenvalue weighted by molar-refractivity contribution is 9.27. The topological polar surface area (TPSA) is 0 Å². The molecule has 0 fully saturated rings. The summed E-state index contributed by atoms with van der Waals surface area (Å²) in [6.07, 6.45) is 0. The monoisotopic (exact) mass is 186 g/mol. The molecule has 1 unspecified atom stereocenters. The van der Waals surface area contributed by atoms with E-state index in [0.29, 0.717) is 0 Å². The van der Waals surface area contributed by atoms with Crippen molar-refractivity contribution >= 4 is 32.4 Å². The van der Waals surface area contributed by atoms with Gasteiger partial charge in [0.15, 0.2) is 0 Å². The maximum Gasteiger partial charge on any atom is 0.223 e. The maximum atomic E-state index is 5.77. The van der Waals surface area contributed by atoms with E-state index in [2.05, 4.69) is 28.8 Å². The van der Waals surface area contributed by atoms with Crippen LogP contribution in [-0.4, -0.2) is 6.00 Å². The molecule has 0 spiro atoms. The van der Waals surface area contributed by atoms with Gasteiger partial charge < -0.3 is 0 Å². The Morgan fingerprint density at radius 2 is 2.00 bits per heavy atom. The summed E-state index contributed by atoms with van der Waals surface area (Å²) in [5.74, 6) is 0. The first kappa shape index (κ1) is 6.99. The molecule has 6 heavy (non-hydrogen) atoms. The lowest BCUT2D eigenvalue weighted by Crippen LogP contribution is -2.07. The Bertz CT molecular complexity index is 40.5. The van der Waals surface area contributed by atoms with Crippen molar-refractivity contribution in [1.29, 1.82) is 0 Å². The molecule has 0 radical (unpaired) electrons. The molecule has 0 N–H and O–H groups in total. The smallest absolute Gasteiger partial charge is 0.152 e. The zero-order valence-corrected chi connectivity index (χ0v) is 7.30. The molecule has 0 nitrogen and oxygen atoms in total. The van der Waals surface area contributed by atoms with Gasteiger partial charge >= 0.3 is 0 Å². The lowest BCUT2D eigenvalue weighted by atomic mass is 11.0. The molecule has 0 aromatic heterocycles. The predicted octanol–water partition coefficient (Wildman–Crippen LogP) is 2.71. The van der Waals surface area contributed by atoms with E-state index in [1.54, 1.807) is 0 Å². The van der Waals surface area contributed by atoms with Crippen molar-refractivity contribution in [3.05, 3.63) is 0 Å². The Morgan fingerprint density at radius 3 is 2.00 bits per heavy atom. The fourth-order valence-corrected chi connectivity index (χ4v) is 0. The Labute approximate surface area is 52.2 Å². The second-order valence-corrected chi connectivity index (χ2v) is 13.4. The van der Waals surface area contributed by atoms with Gasteiger partial charge in [-0.1, -0.05) is 6.92 Å². The fraction of sp³-hybridized carbons (Fsp3) is 1.00. The number of halogens is 2. The lowest BCUT2D eigenvalue weighted by molar-refractivity contribution is 1.44. The lowest BCUT2D eigenvalue weighted by Gasteiger charge is -2.02. The van der Waals surface area contributed by atoms with Gasteiger partial charge in [0.05, 0.1) is 0 Å².